The Labute approximate surface area is 114 Å². The summed E-state index contributed by atoms with van der Waals surface area (Å²) in [7, 11) is 0. The van der Waals surface area contributed by atoms with Crippen molar-refractivity contribution in [1.29, 1.82) is 0 Å². The van der Waals surface area contributed by atoms with E-state index in [1.54, 1.807) is 12.4 Å². The Morgan fingerprint density at radius 3 is 3.17 bits per heavy atom. The number of hydrogen-bond donors (Lipinski definition) is 2. The maximum atomic E-state index is 5.70. The molecule has 2 rings (SSSR count). The number of thiocarbonyl (C=S) groups is 1. The molecule has 0 spiro atoms. The topological polar surface area (TPSA) is 54.2 Å². The lowest BCUT2D eigenvalue weighted by atomic mass is 10.1. The van der Waals surface area contributed by atoms with Crippen molar-refractivity contribution in [2.75, 3.05) is 31.5 Å². The van der Waals surface area contributed by atoms with Crippen LogP contribution in [0.25, 0.3) is 0 Å². The summed E-state index contributed by atoms with van der Waals surface area (Å²) in [5.41, 5.74) is 7.52. The van der Waals surface area contributed by atoms with Crippen LogP contribution in [0.1, 0.15) is 18.9 Å². The van der Waals surface area contributed by atoms with E-state index in [2.05, 4.69) is 22.1 Å². The fourth-order valence-corrected chi connectivity index (χ4v) is 2.55. The maximum absolute atomic E-state index is 5.70. The van der Waals surface area contributed by atoms with E-state index < -0.39 is 0 Å². The fraction of sp³-hybridized carbons (Fsp3) is 0.538. The third kappa shape index (κ3) is 3.17. The highest BCUT2D eigenvalue weighted by Crippen LogP contribution is 2.18. The summed E-state index contributed by atoms with van der Waals surface area (Å²) in [5.74, 6) is 0.698. The molecule has 1 aromatic rings. The molecule has 0 aliphatic carbocycles. The molecule has 5 heteroatoms. The monoisotopic (exact) mass is 264 g/mol. The lowest BCUT2D eigenvalue weighted by Crippen LogP contribution is -2.23. The van der Waals surface area contributed by atoms with Gasteiger partial charge in [-0.05, 0) is 31.5 Å². The molecule has 0 aromatic carbocycles. The van der Waals surface area contributed by atoms with Crippen LogP contribution in [-0.4, -0.2) is 41.1 Å². The van der Waals surface area contributed by atoms with Gasteiger partial charge in [0.05, 0.1) is 11.9 Å². The van der Waals surface area contributed by atoms with Gasteiger partial charge in [0.2, 0.25) is 0 Å². The zero-order chi connectivity index (χ0) is 13.0. The summed E-state index contributed by atoms with van der Waals surface area (Å²) >= 11 is 5.04. The largest absolute Gasteiger partial charge is 0.389 e. The first-order valence-corrected chi connectivity index (χ1v) is 6.81. The maximum Gasteiger partial charge on any atom is 0.106 e. The van der Waals surface area contributed by atoms with Crippen molar-refractivity contribution in [3.05, 3.63) is 24.0 Å². The van der Waals surface area contributed by atoms with Gasteiger partial charge in [-0.2, -0.15) is 0 Å². The SMILES string of the molecule is CCN1CCC(CNc2cnccc2C(N)=S)C1. The predicted octanol–water partition coefficient (Wildman–Crippen LogP) is 1.47. The van der Waals surface area contributed by atoms with Crippen molar-refractivity contribution in [3.63, 3.8) is 0 Å². The molecule has 18 heavy (non-hydrogen) atoms. The smallest absolute Gasteiger partial charge is 0.106 e. The van der Waals surface area contributed by atoms with Crippen molar-refractivity contribution in [2.45, 2.75) is 13.3 Å². The van der Waals surface area contributed by atoms with Gasteiger partial charge in [-0.25, -0.2) is 0 Å². The first-order chi connectivity index (χ1) is 8.70. The second-order valence-electron chi connectivity index (χ2n) is 4.71. The van der Waals surface area contributed by atoms with E-state index in [9.17, 15) is 0 Å². The van der Waals surface area contributed by atoms with Crippen LogP contribution in [0.15, 0.2) is 18.5 Å². The summed E-state index contributed by atoms with van der Waals surface area (Å²) in [4.78, 5) is 7.01. The minimum absolute atomic E-state index is 0.418. The number of nitrogens with zero attached hydrogens (tertiary/aromatic N) is 2. The average Bonchev–Trinajstić information content (AvgIpc) is 2.84. The van der Waals surface area contributed by atoms with Crippen LogP contribution in [0.3, 0.4) is 0 Å². The summed E-state index contributed by atoms with van der Waals surface area (Å²) in [6.07, 6.45) is 4.76. The number of pyridine rings is 1. The van der Waals surface area contributed by atoms with Crippen molar-refractivity contribution in [3.8, 4) is 0 Å². The number of hydrogen-bond acceptors (Lipinski definition) is 4. The van der Waals surface area contributed by atoms with Crippen LogP contribution in [0, 0.1) is 5.92 Å². The summed E-state index contributed by atoms with van der Waals surface area (Å²) in [5, 5.41) is 3.42. The van der Waals surface area contributed by atoms with Gasteiger partial charge in [0.1, 0.15) is 4.99 Å². The second kappa shape index (κ2) is 6.11. The minimum atomic E-state index is 0.418. The molecular weight excluding hydrogens is 244 g/mol. The number of aromatic nitrogens is 1. The van der Waals surface area contributed by atoms with Gasteiger partial charge >= 0.3 is 0 Å². The van der Waals surface area contributed by atoms with Crippen molar-refractivity contribution >= 4 is 22.9 Å². The third-order valence-electron chi connectivity index (χ3n) is 3.48. The minimum Gasteiger partial charge on any atom is -0.389 e. The van der Waals surface area contributed by atoms with E-state index in [-0.39, 0.29) is 0 Å². The summed E-state index contributed by atoms with van der Waals surface area (Å²) in [6, 6.07) is 1.86. The van der Waals surface area contributed by atoms with Gasteiger partial charge in [-0.1, -0.05) is 19.1 Å². The Bertz CT molecular complexity index is 421. The molecular formula is C13H20N4S. The Morgan fingerprint density at radius 1 is 1.67 bits per heavy atom. The molecule has 1 atom stereocenters. The van der Waals surface area contributed by atoms with Crippen LogP contribution in [0.2, 0.25) is 0 Å². The van der Waals surface area contributed by atoms with E-state index in [1.165, 1.54) is 19.5 Å². The Hall–Kier alpha value is -1.20. The van der Waals surface area contributed by atoms with E-state index in [1.807, 2.05) is 6.07 Å². The van der Waals surface area contributed by atoms with Gasteiger partial charge in [-0.15, -0.1) is 0 Å². The molecule has 2 heterocycles. The molecule has 0 saturated carbocycles. The molecule has 1 fully saturated rings. The quantitative estimate of drug-likeness (QED) is 0.789. The number of likely N-dealkylation sites (tertiary alicyclic amines) is 1. The van der Waals surface area contributed by atoms with Crippen molar-refractivity contribution in [1.82, 2.24) is 9.88 Å². The second-order valence-corrected chi connectivity index (χ2v) is 5.15. The molecule has 0 radical (unpaired) electrons. The highest BCUT2D eigenvalue weighted by atomic mass is 32.1. The van der Waals surface area contributed by atoms with E-state index in [0.29, 0.717) is 10.9 Å². The summed E-state index contributed by atoms with van der Waals surface area (Å²) in [6.45, 7) is 6.69. The molecule has 0 amide bonds. The first-order valence-electron chi connectivity index (χ1n) is 6.40. The van der Waals surface area contributed by atoms with E-state index in [0.717, 1.165) is 24.3 Å². The molecule has 1 aliphatic heterocycles. The van der Waals surface area contributed by atoms with Gasteiger partial charge in [0.15, 0.2) is 0 Å². The predicted molar refractivity (Wildman–Crippen MR) is 78.8 cm³/mol. The van der Waals surface area contributed by atoms with Crippen molar-refractivity contribution < 1.29 is 0 Å². The highest BCUT2D eigenvalue weighted by molar-refractivity contribution is 7.80. The van der Waals surface area contributed by atoms with Crippen LogP contribution >= 0.6 is 12.2 Å². The molecule has 1 saturated heterocycles. The molecule has 1 unspecified atom stereocenters. The van der Waals surface area contributed by atoms with Crippen LogP contribution < -0.4 is 11.1 Å². The lowest BCUT2D eigenvalue weighted by Gasteiger charge is -2.15. The molecule has 4 nitrogen and oxygen atoms in total. The van der Waals surface area contributed by atoms with Gasteiger partial charge in [-0.3, -0.25) is 4.98 Å². The molecule has 1 aromatic heterocycles. The van der Waals surface area contributed by atoms with E-state index >= 15 is 0 Å². The fourth-order valence-electron chi connectivity index (χ4n) is 2.37. The Morgan fingerprint density at radius 2 is 2.50 bits per heavy atom. The number of nitrogens with two attached hydrogens (primary N) is 1. The molecule has 98 valence electrons. The number of anilines is 1. The normalized spacial score (nSPS) is 19.9. The molecule has 0 bridgehead atoms. The lowest BCUT2D eigenvalue weighted by molar-refractivity contribution is 0.345. The Balaban J connectivity index is 1.92. The van der Waals surface area contributed by atoms with Crippen LogP contribution in [0.5, 0.6) is 0 Å². The molecule has 3 N–H and O–H groups in total. The standard InChI is InChI=1S/C13H20N4S/c1-2-17-6-4-10(9-17)7-16-12-8-15-5-3-11(12)13(14)18/h3,5,8,10,16H,2,4,6-7,9H2,1H3,(H2,14,18). The van der Waals surface area contributed by atoms with Gasteiger partial charge in [0, 0.05) is 24.8 Å². The van der Waals surface area contributed by atoms with E-state index in [4.69, 9.17) is 18.0 Å². The van der Waals surface area contributed by atoms with Crippen LogP contribution in [-0.2, 0) is 0 Å². The third-order valence-corrected chi connectivity index (χ3v) is 3.70. The van der Waals surface area contributed by atoms with Gasteiger partial charge < -0.3 is 16.0 Å². The first kappa shape index (κ1) is 13.2. The van der Waals surface area contributed by atoms with Gasteiger partial charge in [0.25, 0.3) is 0 Å². The summed E-state index contributed by atoms with van der Waals surface area (Å²) < 4.78 is 0. The number of rotatable bonds is 5. The average molecular weight is 264 g/mol. The zero-order valence-corrected chi connectivity index (χ0v) is 11.5. The highest BCUT2D eigenvalue weighted by Gasteiger charge is 2.20. The van der Waals surface area contributed by atoms with Crippen LogP contribution in [0.4, 0.5) is 5.69 Å². The number of nitrogens with one attached hydrogen (secondary N) is 1. The molecule has 1 aliphatic rings. The zero-order valence-electron chi connectivity index (χ0n) is 10.7. The Kier molecular flexibility index (Phi) is 4.49. The van der Waals surface area contributed by atoms with Crippen molar-refractivity contribution in [2.24, 2.45) is 11.7 Å².